The summed E-state index contributed by atoms with van der Waals surface area (Å²) in [5, 5.41) is 3.99. The third-order valence-corrected chi connectivity index (χ3v) is 3.80. The molecule has 1 aromatic carbocycles. The molecule has 106 valence electrons. The Hall–Kier alpha value is -1.75. The van der Waals surface area contributed by atoms with Crippen LogP contribution < -0.4 is 5.73 Å². The van der Waals surface area contributed by atoms with Gasteiger partial charge in [0.25, 0.3) is 0 Å². The lowest BCUT2D eigenvalue weighted by Gasteiger charge is -2.23. The quantitative estimate of drug-likeness (QED) is 0.935. The van der Waals surface area contributed by atoms with Gasteiger partial charge in [-0.15, -0.1) is 0 Å². The minimum Gasteiger partial charge on any atom is -0.339 e. The summed E-state index contributed by atoms with van der Waals surface area (Å²) in [5.74, 6) is 1.30. The lowest BCUT2D eigenvalue weighted by Crippen LogP contribution is -2.26. The summed E-state index contributed by atoms with van der Waals surface area (Å²) in [6.45, 7) is 0. The fourth-order valence-corrected chi connectivity index (χ4v) is 2.79. The van der Waals surface area contributed by atoms with Crippen LogP contribution in [0, 0.1) is 5.82 Å². The highest BCUT2D eigenvalue weighted by Gasteiger charge is 2.25. The molecule has 0 aliphatic heterocycles. The molecule has 1 fully saturated rings. The maximum absolute atomic E-state index is 13.1. The highest BCUT2D eigenvalue weighted by atomic mass is 19.1. The van der Waals surface area contributed by atoms with Crippen molar-refractivity contribution in [2.75, 3.05) is 0 Å². The van der Waals surface area contributed by atoms with Crippen LogP contribution in [0.1, 0.15) is 48.9 Å². The third-order valence-electron chi connectivity index (χ3n) is 3.80. The van der Waals surface area contributed by atoms with Crippen LogP contribution in [0.15, 0.2) is 28.8 Å². The van der Waals surface area contributed by atoms with Gasteiger partial charge in [-0.05, 0) is 37.0 Å². The fraction of sp³-hybridized carbons (Fsp3) is 0.467. The van der Waals surface area contributed by atoms with Crippen molar-refractivity contribution in [2.45, 2.75) is 44.1 Å². The van der Waals surface area contributed by atoms with E-state index in [9.17, 15) is 4.39 Å². The topological polar surface area (TPSA) is 64.9 Å². The molecule has 1 saturated carbocycles. The molecule has 0 spiro atoms. The highest BCUT2D eigenvalue weighted by molar-refractivity contribution is 5.19. The first kappa shape index (κ1) is 13.2. The molecule has 0 bridgehead atoms. The standard InChI is InChI=1S/C15H18FN3O/c16-12-5-1-3-10(7-12)8-14-18-15(20-19-14)11-4-2-6-13(17)9-11/h1,3,5,7,11,13H,2,4,6,8-9,17H2. The SMILES string of the molecule is NC1CCCC(c2nc(Cc3cccc(F)c3)no2)C1. The molecule has 2 N–H and O–H groups in total. The molecule has 20 heavy (non-hydrogen) atoms. The lowest BCUT2D eigenvalue weighted by atomic mass is 9.86. The lowest BCUT2D eigenvalue weighted by molar-refractivity contribution is 0.297. The zero-order valence-electron chi connectivity index (χ0n) is 11.3. The van der Waals surface area contributed by atoms with Gasteiger partial charge < -0.3 is 10.3 Å². The predicted molar refractivity (Wildman–Crippen MR) is 72.7 cm³/mol. The second-order valence-corrected chi connectivity index (χ2v) is 5.48. The zero-order chi connectivity index (χ0) is 13.9. The smallest absolute Gasteiger partial charge is 0.229 e. The number of benzene rings is 1. The summed E-state index contributed by atoms with van der Waals surface area (Å²) in [4.78, 5) is 4.44. The maximum Gasteiger partial charge on any atom is 0.229 e. The van der Waals surface area contributed by atoms with Crippen molar-refractivity contribution in [3.05, 3.63) is 47.4 Å². The Morgan fingerprint density at radius 3 is 3.05 bits per heavy atom. The summed E-state index contributed by atoms with van der Waals surface area (Å²) >= 11 is 0. The van der Waals surface area contributed by atoms with Gasteiger partial charge >= 0.3 is 0 Å². The van der Waals surface area contributed by atoms with Crippen LogP contribution in [0.2, 0.25) is 0 Å². The van der Waals surface area contributed by atoms with Gasteiger partial charge in [0.2, 0.25) is 5.89 Å². The van der Waals surface area contributed by atoms with Crippen molar-refractivity contribution >= 4 is 0 Å². The summed E-state index contributed by atoms with van der Waals surface area (Å²) in [5.41, 5.74) is 6.82. The first-order valence-corrected chi connectivity index (χ1v) is 7.03. The van der Waals surface area contributed by atoms with Gasteiger partial charge in [0, 0.05) is 18.4 Å². The Balaban J connectivity index is 1.70. The van der Waals surface area contributed by atoms with Gasteiger partial charge in [0.1, 0.15) is 5.82 Å². The van der Waals surface area contributed by atoms with Crippen LogP contribution in [0.5, 0.6) is 0 Å². The number of hydrogen-bond donors (Lipinski definition) is 1. The van der Waals surface area contributed by atoms with Crippen molar-refractivity contribution in [1.82, 2.24) is 10.1 Å². The average Bonchev–Trinajstić information content (AvgIpc) is 2.87. The van der Waals surface area contributed by atoms with E-state index in [0.717, 1.165) is 31.2 Å². The summed E-state index contributed by atoms with van der Waals surface area (Å²) in [6.07, 6.45) is 4.62. The van der Waals surface area contributed by atoms with Gasteiger partial charge in [-0.1, -0.05) is 23.7 Å². The molecule has 2 aromatic rings. The van der Waals surface area contributed by atoms with Gasteiger partial charge in [0.05, 0.1) is 0 Å². The Morgan fingerprint density at radius 2 is 2.25 bits per heavy atom. The zero-order valence-corrected chi connectivity index (χ0v) is 11.3. The predicted octanol–water partition coefficient (Wildman–Crippen LogP) is 2.78. The van der Waals surface area contributed by atoms with Crippen LogP contribution in [-0.2, 0) is 6.42 Å². The molecule has 0 radical (unpaired) electrons. The van der Waals surface area contributed by atoms with E-state index in [4.69, 9.17) is 10.3 Å². The van der Waals surface area contributed by atoms with Gasteiger partial charge in [-0.2, -0.15) is 4.98 Å². The molecular weight excluding hydrogens is 257 g/mol. The molecule has 2 unspecified atom stereocenters. The third kappa shape index (κ3) is 3.04. The number of nitrogens with zero attached hydrogens (tertiary/aromatic N) is 2. The average molecular weight is 275 g/mol. The first-order valence-electron chi connectivity index (χ1n) is 7.03. The van der Waals surface area contributed by atoms with E-state index >= 15 is 0 Å². The molecule has 1 heterocycles. The monoisotopic (exact) mass is 275 g/mol. The molecule has 0 saturated heterocycles. The largest absolute Gasteiger partial charge is 0.339 e. The van der Waals surface area contributed by atoms with E-state index in [1.54, 1.807) is 6.07 Å². The molecule has 2 atom stereocenters. The molecule has 4 nitrogen and oxygen atoms in total. The summed E-state index contributed by atoms with van der Waals surface area (Å²) < 4.78 is 18.5. The molecular formula is C15H18FN3O. The Morgan fingerprint density at radius 1 is 1.35 bits per heavy atom. The van der Waals surface area contributed by atoms with E-state index in [0.29, 0.717) is 18.1 Å². The van der Waals surface area contributed by atoms with Crippen molar-refractivity contribution in [2.24, 2.45) is 5.73 Å². The fourth-order valence-electron chi connectivity index (χ4n) is 2.79. The summed E-state index contributed by atoms with van der Waals surface area (Å²) in [6, 6.07) is 6.69. The molecule has 0 amide bonds. The van der Waals surface area contributed by atoms with Crippen LogP contribution >= 0.6 is 0 Å². The van der Waals surface area contributed by atoms with Crippen LogP contribution in [-0.4, -0.2) is 16.2 Å². The number of hydrogen-bond acceptors (Lipinski definition) is 4. The van der Waals surface area contributed by atoms with Crippen LogP contribution in [0.25, 0.3) is 0 Å². The van der Waals surface area contributed by atoms with E-state index in [2.05, 4.69) is 10.1 Å². The van der Waals surface area contributed by atoms with Crippen molar-refractivity contribution in [3.8, 4) is 0 Å². The van der Waals surface area contributed by atoms with E-state index in [-0.39, 0.29) is 17.8 Å². The number of aromatic nitrogens is 2. The Labute approximate surface area is 117 Å². The highest BCUT2D eigenvalue weighted by Crippen LogP contribution is 2.31. The van der Waals surface area contributed by atoms with Crippen molar-refractivity contribution in [3.63, 3.8) is 0 Å². The van der Waals surface area contributed by atoms with E-state index in [1.807, 2.05) is 6.07 Å². The molecule has 1 aliphatic rings. The minimum atomic E-state index is -0.246. The van der Waals surface area contributed by atoms with E-state index in [1.165, 1.54) is 12.1 Å². The Bertz CT molecular complexity index is 584. The maximum atomic E-state index is 13.1. The summed E-state index contributed by atoms with van der Waals surface area (Å²) in [7, 11) is 0. The molecule has 1 aliphatic carbocycles. The van der Waals surface area contributed by atoms with Gasteiger partial charge in [0.15, 0.2) is 5.82 Å². The van der Waals surface area contributed by atoms with Gasteiger partial charge in [-0.25, -0.2) is 4.39 Å². The van der Waals surface area contributed by atoms with Crippen molar-refractivity contribution < 1.29 is 8.91 Å². The minimum absolute atomic E-state index is 0.229. The second-order valence-electron chi connectivity index (χ2n) is 5.48. The number of nitrogens with two attached hydrogens (primary N) is 1. The first-order chi connectivity index (χ1) is 9.70. The second kappa shape index (κ2) is 5.71. The molecule has 3 rings (SSSR count). The van der Waals surface area contributed by atoms with Crippen LogP contribution in [0.3, 0.4) is 0 Å². The number of rotatable bonds is 3. The number of halogens is 1. The normalized spacial score (nSPS) is 22.9. The van der Waals surface area contributed by atoms with E-state index < -0.39 is 0 Å². The van der Waals surface area contributed by atoms with Crippen LogP contribution in [0.4, 0.5) is 4.39 Å². The van der Waals surface area contributed by atoms with Crippen molar-refractivity contribution in [1.29, 1.82) is 0 Å². The van der Waals surface area contributed by atoms with Gasteiger partial charge in [-0.3, -0.25) is 0 Å². The molecule has 5 heteroatoms. The Kier molecular flexibility index (Phi) is 3.78. The molecule has 1 aromatic heterocycles.